The van der Waals surface area contributed by atoms with Crippen LogP contribution in [0.25, 0.3) is 11.0 Å². The Labute approximate surface area is 268 Å². The minimum absolute atomic E-state index is 0.0103. The van der Waals surface area contributed by atoms with Gasteiger partial charge in [-0.1, -0.05) is 39.8 Å². The van der Waals surface area contributed by atoms with Gasteiger partial charge in [0.1, 0.15) is 5.58 Å². The molecule has 0 saturated carbocycles. The van der Waals surface area contributed by atoms with Gasteiger partial charge in [-0.05, 0) is 90.5 Å². The van der Waals surface area contributed by atoms with Crippen molar-refractivity contribution in [2.75, 3.05) is 30.4 Å². The Morgan fingerprint density at radius 2 is 1.60 bits per heavy atom. The summed E-state index contributed by atoms with van der Waals surface area (Å²) >= 11 is 0. The van der Waals surface area contributed by atoms with Crippen LogP contribution in [0.5, 0.6) is 0 Å². The van der Waals surface area contributed by atoms with E-state index in [-0.39, 0.29) is 16.9 Å². The molecule has 0 amide bonds. The highest BCUT2D eigenvalue weighted by Gasteiger charge is 2.53. The standard InChI is InChI=1S/C34H45BN2O6.C2H6/c1-20-18-24(29-25(19-20)28(38)21(2)30(41-29)37-16-14-32(4,5)15-17-37)22(3)36-26-13-11-12-23(31(39)40-10)27(26)35-42-33(6,7)34(8,9)43-35;1-2/h11-13,18-19,22,36H,14-17H2,1-10H3;1-2H3. The van der Waals surface area contributed by atoms with Crippen molar-refractivity contribution in [2.24, 2.45) is 5.41 Å². The monoisotopic (exact) mass is 618 g/mol. The lowest BCUT2D eigenvalue weighted by atomic mass is 9.74. The Morgan fingerprint density at radius 3 is 2.18 bits per heavy atom. The molecule has 1 N–H and O–H groups in total. The van der Waals surface area contributed by atoms with E-state index in [2.05, 4.69) is 30.1 Å². The molecule has 5 rings (SSSR count). The van der Waals surface area contributed by atoms with Gasteiger partial charge < -0.3 is 28.7 Å². The minimum atomic E-state index is -0.792. The van der Waals surface area contributed by atoms with Gasteiger partial charge in [-0.15, -0.1) is 0 Å². The molecule has 2 aromatic carbocycles. The second-order valence-electron chi connectivity index (χ2n) is 14.0. The Bertz CT molecular complexity index is 1600. The van der Waals surface area contributed by atoms with Crippen LogP contribution in [0.15, 0.2) is 39.5 Å². The van der Waals surface area contributed by atoms with E-state index in [1.54, 1.807) is 6.07 Å². The highest BCUT2D eigenvalue weighted by Crippen LogP contribution is 2.39. The molecule has 45 heavy (non-hydrogen) atoms. The lowest BCUT2D eigenvalue weighted by Crippen LogP contribution is -2.41. The summed E-state index contributed by atoms with van der Waals surface area (Å²) < 4.78 is 24.6. The predicted molar refractivity (Wildman–Crippen MR) is 184 cm³/mol. The van der Waals surface area contributed by atoms with Crippen LogP contribution < -0.4 is 21.1 Å². The predicted octanol–water partition coefficient (Wildman–Crippen LogP) is 7.32. The van der Waals surface area contributed by atoms with Gasteiger partial charge >= 0.3 is 13.1 Å². The maximum absolute atomic E-state index is 13.7. The Morgan fingerprint density at radius 1 is 1.00 bits per heavy atom. The Kier molecular flexibility index (Phi) is 9.86. The molecule has 1 aromatic heterocycles. The fourth-order valence-corrected chi connectivity index (χ4v) is 6.00. The van der Waals surface area contributed by atoms with Crippen LogP contribution >= 0.6 is 0 Å². The number of benzene rings is 2. The first-order valence-electron chi connectivity index (χ1n) is 16.2. The number of nitrogens with one attached hydrogen (secondary N) is 1. The van der Waals surface area contributed by atoms with Gasteiger partial charge in [0.2, 0.25) is 5.88 Å². The van der Waals surface area contributed by atoms with Crippen molar-refractivity contribution in [1.29, 1.82) is 0 Å². The molecule has 0 radical (unpaired) electrons. The molecular formula is C36H51BN2O6. The molecule has 1 unspecified atom stereocenters. The van der Waals surface area contributed by atoms with E-state index in [0.29, 0.717) is 39.1 Å². The second kappa shape index (κ2) is 12.8. The number of fused-ring (bicyclic) bond motifs is 1. The van der Waals surface area contributed by atoms with Gasteiger partial charge in [0.25, 0.3) is 0 Å². The van der Waals surface area contributed by atoms with Gasteiger partial charge in [0, 0.05) is 29.8 Å². The third-order valence-corrected chi connectivity index (χ3v) is 9.61. The number of esters is 1. The summed E-state index contributed by atoms with van der Waals surface area (Å²) in [6, 6.07) is 9.10. The van der Waals surface area contributed by atoms with Crippen LogP contribution in [0.3, 0.4) is 0 Å². The summed E-state index contributed by atoms with van der Waals surface area (Å²) in [6.45, 7) is 24.0. The fourth-order valence-electron chi connectivity index (χ4n) is 6.00. The van der Waals surface area contributed by atoms with E-state index < -0.39 is 24.3 Å². The number of nitrogens with zero attached hydrogens (tertiary/aromatic N) is 1. The van der Waals surface area contributed by atoms with Crippen molar-refractivity contribution in [3.8, 4) is 0 Å². The molecule has 0 bridgehead atoms. The third kappa shape index (κ3) is 6.66. The molecule has 3 aromatic rings. The number of hydrogen-bond donors (Lipinski definition) is 1. The maximum atomic E-state index is 13.7. The van der Waals surface area contributed by atoms with Crippen LogP contribution in [0.1, 0.15) is 108 Å². The summed E-state index contributed by atoms with van der Waals surface area (Å²) in [5.74, 6) is 0.175. The number of methoxy groups -OCH3 is 1. The molecule has 2 fully saturated rings. The van der Waals surface area contributed by atoms with Crippen LogP contribution in [-0.4, -0.2) is 44.5 Å². The molecule has 9 heteroatoms. The lowest BCUT2D eigenvalue weighted by molar-refractivity contribution is 0.00578. The van der Waals surface area contributed by atoms with E-state index >= 15 is 0 Å². The first kappa shape index (κ1) is 34.6. The first-order valence-corrected chi connectivity index (χ1v) is 16.2. The number of anilines is 2. The zero-order valence-electron chi connectivity index (χ0n) is 29.3. The van der Waals surface area contributed by atoms with Crippen LogP contribution in [0.2, 0.25) is 0 Å². The number of piperidine rings is 1. The molecule has 2 saturated heterocycles. The summed E-state index contributed by atoms with van der Waals surface area (Å²) in [5.41, 5.74) is 3.71. The van der Waals surface area contributed by atoms with E-state index in [0.717, 1.165) is 37.1 Å². The zero-order valence-corrected chi connectivity index (χ0v) is 29.3. The van der Waals surface area contributed by atoms with Crippen molar-refractivity contribution in [2.45, 2.75) is 106 Å². The Hall–Kier alpha value is -3.30. The summed E-state index contributed by atoms with van der Waals surface area (Å²) in [7, 11) is 0.572. The minimum Gasteiger partial charge on any atom is -0.465 e. The number of carbonyl (C=O) groups excluding carboxylic acids is 1. The van der Waals surface area contributed by atoms with E-state index in [4.69, 9.17) is 18.5 Å². The van der Waals surface area contributed by atoms with Gasteiger partial charge in [0.05, 0.1) is 40.9 Å². The van der Waals surface area contributed by atoms with Crippen molar-refractivity contribution in [3.05, 3.63) is 62.8 Å². The summed E-state index contributed by atoms with van der Waals surface area (Å²) in [4.78, 5) is 28.8. The molecule has 0 aliphatic carbocycles. The maximum Gasteiger partial charge on any atom is 0.497 e. The largest absolute Gasteiger partial charge is 0.497 e. The van der Waals surface area contributed by atoms with Crippen molar-refractivity contribution >= 4 is 41.1 Å². The zero-order chi connectivity index (χ0) is 33.5. The number of ether oxygens (including phenoxy) is 1. The quantitative estimate of drug-likeness (QED) is 0.227. The Balaban J connectivity index is 0.00000226. The van der Waals surface area contributed by atoms with Crippen LogP contribution in [0.4, 0.5) is 11.6 Å². The van der Waals surface area contributed by atoms with Crippen molar-refractivity contribution in [3.63, 3.8) is 0 Å². The van der Waals surface area contributed by atoms with Crippen LogP contribution in [-0.2, 0) is 14.0 Å². The van der Waals surface area contributed by atoms with Crippen LogP contribution in [0, 0.1) is 19.3 Å². The number of aryl methyl sites for hydroxylation is 1. The average molecular weight is 619 g/mol. The number of carbonyl (C=O) groups is 1. The first-order chi connectivity index (χ1) is 21.0. The second-order valence-corrected chi connectivity index (χ2v) is 14.0. The summed E-state index contributed by atoms with van der Waals surface area (Å²) in [6.07, 6.45) is 2.07. The fraction of sp³-hybridized carbons (Fsp3) is 0.556. The number of hydrogen-bond acceptors (Lipinski definition) is 8. The average Bonchev–Trinajstić information content (AvgIpc) is 3.21. The highest BCUT2D eigenvalue weighted by molar-refractivity contribution is 6.65. The molecule has 2 aliphatic heterocycles. The SMILES string of the molecule is CC.COC(=O)c1cccc(NC(C)c2cc(C)cc3c(=O)c(C)c(N4CCC(C)(C)CC4)oc23)c1B1OC(C)(C)C(C)(C)O1. The molecular weight excluding hydrogens is 567 g/mol. The summed E-state index contributed by atoms with van der Waals surface area (Å²) in [5, 5.41) is 4.16. The lowest BCUT2D eigenvalue weighted by Gasteiger charge is -2.37. The van der Waals surface area contributed by atoms with E-state index in [1.807, 2.05) is 80.5 Å². The normalized spacial score (nSPS) is 19.1. The number of rotatable bonds is 6. The van der Waals surface area contributed by atoms with E-state index in [1.165, 1.54) is 7.11 Å². The topological polar surface area (TPSA) is 90.2 Å². The van der Waals surface area contributed by atoms with Crippen molar-refractivity contribution < 1.29 is 23.3 Å². The smallest absolute Gasteiger partial charge is 0.465 e. The van der Waals surface area contributed by atoms with E-state index in [9.17, 15) is 9.59 Å². The molecule has 3 heterocycles. The molecule has 1 atom stereocenters. The van der Waals surface area contributed by atoms with Crippen molar-refractivity contribution in [1.82, 2.24) is 0 Å². The third-order valence-electron chi connectivity index (χ3n) is 9.61. The van der Waals surface area contributed by atoms with Gasteiger partial charge in [-0.3, -0.25) is 4.79 Å². The highest BCUT2D eigenvalue weighted by atomic mass is 16.7. The van der Waals surface area contributed by atoms with Gasteiger partial charge in [-0.25, -0.2) is 4.79 Å². The molecule has 0 spiro atoms. The molecule has 244 valence electrons. The van der Waals surface area contributed by atoms with Gasteiger partial charge in [-0.2, -0.15) is 0 Å². The van der Waals surface area contributed by atoms with Gasteiger partial charge in [0.15, 0.2) is 5.43 Å². The molecule has 8 nitrogen and oxygen atoms in total. The molecule has 2 aliphatic rings.